The van der Waals surface area contributed by atoms with Gasteiger partial charge in [-0.3, -0.25) is 4.79 Å². The lowest BCUT2D eigenvalue weighted by Gasteiger charge is -2.09. The van der Waals surface area contributed by atoms with Crippen molar-refractivity contribution in [3.05, 3.63) is 46.4 Å². The zero-order chi connectivity index (χ0) is 15.1. The number of aromatic nitrogens is 1. The van der Waals surface area contributed by atoms with Gasteiger partial charge in [-0.15, -0.1) is 0 Å². The number of rotatable bonds is 2. The second-order valence-electron chi connectivity index (χ2n) is 4.78. The van der Waals surface area contributed by atoms with Crippen molar-refractivity contribution in [3.8, 4) is 16.9 Å². The van der Waals surface area contributed by atoms with Crippen molar-refractivity contribution in [1.29, 1.82) is 0 Å². The highest BCUT2D eigenvalue weighted by atomic mass is 32.2. The van der Waals surface area contributed by atoms with E-state index in [1.165, 1.54) is 22.8 Å². The lowest BCUT2D eigenvalue weighted by molar-refractivity contribution is 0.476. The van der Waals surface area contributed by atoms with Gasteiger partial charge in [0.2, 0.25) is 0 Å². The Morgan fingerprint density at radius 1 is 1.20 bits per heavy atom. The lowest BCUT2D eigenvalue weighted by atomic mass is 10.1. The van der Waals surface area contributed by atoms with Crippen LogP contribution in [-0.2, 0) is 16.9 Å². The Balaban J connectivity index is 2.73. The largest absolute Gasteiger partial charge is 0.507 e. The molecule has 1 aromatic heterocycles. The minimum Gasteiger partial charge on any atom is -0.507 e. The summed E-state index contributed by atoms with van der Waals surface area (Å²) in [6.07, 6.45) is 2.67. The third kappa shape index (κ3) is 2.60. The van der Waals surface area contributed by atoms with E-state index < -0.39 is 9.84 Å². The maximum Gasteiger partial charge on any atom is 0.253 e. The van der Waals surface area contributed by atoms with E-state index in [-0.39, 0.29) is 16.2 Å². The zero-order valence-electron chi connectivity index (χ0n) is 11.4. The molecule has 0 atom stereocenters. The summed E-state index contributed by atoms with van der Waals surface area (Å²) in [7, 11) is -1.75. The first-order valence-corrected chi connectivity index (χ1v) is 7.80. The summed E-state index contributed by atoms with van der Waals surface area (Å²) in [5.74, 6) is -0.0320. The average Bonchev–Trinajstić information content (AvgIpc) is 2.34. The van der Waals surface area contributed by atoms with Gasteiger partial charge in [0.15, 0.2) is 9.84 Å². The van der Waals surface area contributed by atoms with Crippen molar-refractivity contribution < 1.29 is 13.5 Å². The third-order valence-corrected chi connectivity index (χ3v) is 4.18. The summed E-state index contributed by atoms with van der Waals surface area (Å²) in [6, 6.07) is 5.72. The predicted molar refractivity (Wildman–Crippen MR) is 76.6 cm³/mol. The number of nitrogens with zero attached hydrogens (tertiary/aromatic N) is 1. The molecular weight excluding hydrogens is 278 g/mol. The second-order valence-corrected chi connectivity index (χ2v) is 6.79. The van der Waals surface area contributed by atoms with Crippen molar-refractivity contribution in [2.45, 2.75) is 11.8 Å². The number of benzene rings is 1. The Labute approximate surface area is 117 Å². The first-order chi connectivity index (χ1) is 9.20. The van der Waals surface area contributed by atoms with Gasteiger partial charge >= 0.3 is 0 Å². The van der Waals surface area contributed by atoms with Crippen LogP contribution in [-0.4, -0.2) is 24.3 Å². The molecule has 0 saturated carbocycles. The minimum atomic E-state index is -3.36. The molecule has 2 aromatic rings. The van der Waals surface area contributed by atoms with Gasteiger partial charge in [-0.25, -0.2) is 8.42 Å². The standard InChI is InChI=1S/C14H15NO4S/c1-9-6-10(8-15(2)14(9)17)12-7-11(20(3,18)19)4-5-13(12)16/h4-8,16H,1-3H3. The normalized spacial score (nSPS) is 11.6. The molecular formula is C14H15NO4S. The van der Waals surface area contributed by atoms with Crippen molar-refractivity contribution >= 4 is 9.84 Å². The lowest BCUT2D eigenvalue weighted by Crippen LogP contribution is -2.18. The average molecular weight is 293 g/mol. The van der Waals surface area contributed by atoms with Gasteiger partial charge in [0.1, 0.15) is 5.75 Å². The van der Waals surface area contributed by atoms with Gasteiger partial charge < -0.3 is 9.67 Å². The van der Waals surface area contributed by atoms with Crippen molar-refractivity contribution in [1.82, 2.24) is 4.57 Å². The van der Waals surface area contributed by atoms with Crippen molar-refractivity contribution in [2.24, 2.45) is 7.05 Å². The zero-order valence-corrected chi connectivity index (χ0v) is 12.2. The van der Waals surface area contributed by atoms with E-state index in [2.05, 4.69) is 0 Å². The molecule has 0 aliphatic carbocycles. The molecule has 1 heterocycles. The van der Waals surface area contributed by atoms with Crippen LogP contribution in [0.5, 0.6) is 5.75 Å². The predicted octanol–water partition coefficient (Wildman–Crippen LogP) is 1.47. The highest BCUT2D eigenvalue weighted by molar-refractivity contribution is 7.90. The maximum absolute atomic E-state index is 11.7. The fraction of sp³-hybridized carbons (Fsp3) is 0.214. The number of sulfone groups is 1. The van der Waals surface area contributed by atoms with Crippen LogP contribution in [0.3, 0.4) is 0 Å². The first kappa shape index (κ1) is 14.3. The molecule has 0 unspecified atom stereocenters. The molecule has 0 aliphatic rings. The summed E-state index contributed by atoms with van der Waals surface area (Å²) in [6.45, 7) is 1.67. The van der Waals surface area contributed by atoms with E-state index >= 15 is 0 Å². The van der Waals surface area contributed by atoms with E-state index in [9.17, 15) is 18.3 Å². The Morgan fingerprint density at radius 2 is 1.85 bits per heavy atom. The first-order valence-electron chi connectivity index (χ1n) is 5.91. The fourth-order valence-electron chi connectivity index (χ4n) is 2.00. The van der Waals surface area contributed by atoms with Gasteiger partial charge in [0, 0.05) is 36.2 Å². The van der Waals surface area contributed by atoms with Crippen LogP contribution in [0.2, 0.25) is 0 Å². The monoisotopic (exact) mass is 293 g/mol. The molecule has 6 heteroatoms. The molecule has 0 radical (unpaired) electrons. The van der Waals surface area contributed by atoms with Gasteiger partial charge in [-0.1, -0.05) is 0 Å². The molecule has 0 bridgehead atoms. The Bertz CT molecular complexity index is 808. The Kier molecular flexibility index (Phi) is 3.43. The van der Waals surface area contributed by atoms with Crippen molar-refractivity contribution in [2.75, 3.05) is 6.26 Å². The number of phenolic OH excluding ortho intramolecular Hbond substituents is 1. The molecule has 20 heavy (non-hydrogen) atoms. The molecule has 2 rings (SSSR count). The smallest absolute Gasteiger partial charge is 0.253 e. The summed E-state index contributed by atoms with van der Waals surface area (Å²) < 4.78 is 24.6. The topological polar surface area (TPSA) is 76.4 Å². The molecule has 106 valence electrons. The molecule has 5 nitrogen and oxygen atoms in total. The quantitative estimate of drug-likeness (QED) is 0.909. The van der Waals surface area contributed by atoms with Crippen LogP contribution in [0.25, 0.3) is 11.1 Å². The highest BCUT2D eigenvalue weighted by Gasteiger charge is 2.13. The van der Waals surface area contributed by atoms with Gasteiger partial charge in [0.25, 0.3) is 5.56 Å². The number of hydrogen-bond acceptors (Lipinski definition) is 4. The van der Waals surface area contributed by atoms with Crippen molar-refractivity contribution in [3.63, 3.8) is 0 Å². The van der Waals surface area contributed by atoms with E-state index in [0.717, 1.165) is 6.26 Å². The summed E-state index contributed by atoms with van der Waals surface area (Å²) >= 11 is 0. The number of phenols is 1. The second kappa shape index (κ2) is 4.79. The highest BCUT2D eigenvalue weighted by Crippen LogP contribution is 2.31. The molecule has 0 amide bonds. The fourth-order valence-corrected chi connectivity index (χ4v) is 2.65. The molecule has 1 N–H and O–H groups in total. The Morgan fingerprint density at radius 3 is 2.40 bits per heavy atom. The maximum atomic E-state index is 11.7. The van der Waals surface area contributed by atoms with Gasteiger partial charge in [0.05, 0.1) is 4.90 Å². The summed E-state index contributed by atoms with van der Waals surface area (Å²) in [5.41, 5.74) is 1.36. The van der Waals surface area contributed by atoms with E-state index in [1.54, 1.807) is 26.2 Å². The number of aromatic hydroxyl groups is 1. The van der Waals surface area contributed by atoms with Crippen LogP contribution in [0.15, 0.2) is 40.2 Å². The van der Waals surface area contributed by atoms with Crippen LogP contribution in [0.4, 0.5) is 0 Å². The number of aryl methyl sites for hydroxylation is 2. The molecule has 0 spiro atoms. The van der Waals surface area contributed by atoms with Gasteiger partial charge in [-0.2, -0.15) is 0 Å². The van der Waals surface area contributed by atoms with Crippen LogP contribution < -0.4 is 5.56 Å². The summed E-state index contributed by atoms with van der Waals surface area (Å²) in [5, 5.41) is 9.92. The molecule has 0 saturated heterocycles. The third-order valence-electron chi connectivity index (χ3n) is 3.07. The van der Waals surface area contributed by atoms with Crippen LogP contribution >= 0.6 is 0 Å². The molecule has 0 aliphatic heterocycles. The van der Waals surface area contributed by atoms with E-state index in [0.29, 0.717) is 16.7 Å². The minimum absolute atomic E-state index is 0.0320. The number of pyridine rings is 1. The SMILES string of the molecule is Cc1cc(-c2cc(S(C)(=O)=O)ccc2O)cn(C)c1=O. The van der Waals surface area contributed by atoms with E-state index in [1.807, 2.05) is 0 Å². The van der Waals surface area contributed by atoms with E-state index in [4.69, 9.17) is 0 Å². The number of hydrogen-bond donors (Lipinski definition) is 1. The van der Waals surface area contributed by atoms with Gasteiger partial charge in [-0.05, 0) is 31.2 Å². The van der Waals surface area contributed by atoms with Crippen LogP contribution in [0.1, 0.15) is 5.56 Å². The summed E-state index contributed by atoms with van der Waals surface area (Å²) in [4.78, 5) is 11.8. The van der Waals surface area contributed by atoms with Crippen LogP contribution in [0, 0.1) is 6.92 Å². The molecule has 1 aromatic carbocycles. The molecule has 0 fully saturated rings. The Hall–Kier alpha value is -2.08.